The van der Waals surface area contributed by atoms with E-state index in [-0.39, 0.29) is 0 Å². The molecule has 72 valence electrons. The molecule has 2 rings (SSSR count). The molecule has 0 fully saturated rings. The lowest BCUT2D eigenvalue weighted by atomic mass is 10.2. The van der Waals surface area contributed by atoms with E-state index in [4.69, 9.17) is 0 Å². The van der Waals surface area contributed by atoms with E-state index in [0.29, 0.717) is 0 Å². The van der Waals surface area contributed by atoms with Crippen molar-refractivity contribution in [3.63, 3.8) is 0 Å². The number of nitrogens with zero attached hydrogens (tertiary/aromatic N) is 2. The lowest BCUT2D eigenvalue weighted by molar-refractivity contribution is 0.986. The van der Waals surface area contributed by atoms with Gasteiger partial charge in [-0.15, -0.1) is 10.2 Å². The van der Waals surface area contributed by atoms with E-state index in [1.165, 1.54) is 3.57 Å². The molecule has 0 radical (unpaired) electrons. The third-order valence-corrected chi connectivity index (χ3v) is 3.63. The molecular formula is C10H9IN2S. The van der Waals surface area contributed by atoms with E-state index >= 15 is 0 Å². The van der Waals surface area contributed by atoms with Crippen molar-refractivity contribution in [1.29, 1.82) is 0 Å². The van der Waals surface area contributed by atoms with Gasteiger partial charge < -0.3 is 0 Å². The molecule has 0 spiro atoms. The molecule has 0 bridgehead atoms. The number of hydrogen-bond acceptors (Lipinski definition) is 3. The van der Waals surface area contributed by atoms with Gasteiger partial charge in [-0.05, 0) is 41.1 Å². The normalized spacial score (nSPS) is 10.4. The van der Waals surface area contributed by atoms with Gasteiger partial charge in [0.2, 0.25) is 0 Å². The fourth-order valence-electron chi connectivity index (χ4n) is 1.13. The average Bonchev–Trinajstić information content (AvgIpc) is 2.66. The summed E-state index contributed by atoms with van der Waals surface area (Å²) in [4.78, 5) is 0. The Morgan fingerprint density at radius 3 is 2.86 bits per heavy atom. The van der Waals surface area contributed by atoms with Crippen LogP contribution >= 0.6 is 33.9 Å². The van der Waals surface area contributed by atoms with Crippen LogP contribution in [0, 0.1) is 3.57 Å². The first kappa shape index (κ1) is 10.0. The zero-order valence-electron chi connectivity index (χ0n) is 7.70. The van der Waals surface area contributed by atoms with Crippen LogP contribution in [-0.4, -0.2) is 10.2 Å². The highest BCUT2D eigenvalue weighted by Crippen LogP contribution is 2.24. The van der Waals surface area contributed by atoms with Crippen LogP contribution in [0.2, 0.25) is 0 Å². The summed E-state index contributed by atoms with van der Waals surface area (Å²) in [5, 5.41) is 10.4. The molecule has 0 saturated heterocycles. The summed E-state index contributed by atoms with van der Waals surface area (Å²) in [6.07, 6.45) is 0.960. The molecule has 0 amide bonds. The third kappa shape index (κ3) is 2.12. The van der Waals surface area contributed by atoms with Crippen molar-refractivity contribution in [3.05, 3.63) is 32.8 Å². The minimum Gasteiger partial charge on any atom is -0.143 e. The maximum atomic E-state index is 4.16. The van der Waals surface area contributed by atoms with Crippen LogP contribution in [0.3, 0.4) is 0 Å². The fraction of sp³-hybridized carbons (Fsp3) is 0.200. The third-order valence-electron chi connectivity index (χ3n) is 1.84. The minimum atomic E-state index is 0.960. The number of aromatic nitrogens is 2. The van der Waals surface area contributed by atoms with Crippen molar-refractivity contribution in [3.8, 4) is 10.6 Å². The molecular weight excluding hydrogens is 307 g/mol. The van der Waals surface area contributed by atoms with Gasteiger partial charge in [-0.1, -0.05) is 30.4 Å². The summed E-state index contributed by atoms with van der Waals surface area (Å²) >= 11 is 3.97. The Bertz CT molecular complexity index is 439. The molecule has 1 aromatic carbocycles. The van der Waals surface area contributed by atoms with Gasteiger partial charge in [-0.3, -0.25) is 0 Å². The molecule has 0 atom stereocenters. The van der Waals surface area contributed by atoms with Gasteiger partial charge in [-0.25, -0.2) is 0 Å². The number of hydrogen-bond donors (Lipinski definition) is 0. The Kier molecular flexibility index (Phi) is 3.12. The highest BCUT2D eigenvalue weighted by Gasteiger charge is 2.04. The van der Waals surface area contributed by atoms with Gasteiger partial charge in [0, 0.05) is 9.13 Å². The first-order valence-corrected chi connectivity index (χ1v) is 6.27. The summed E-state index contributed by atoms with van der Waals surface area (Å²) in [5.41, 5.74) is 1.16. The van der Waals surface area contributed by atoms with Crippen molar-refractivity contribution in [2.45, 2.75) is 13.3 Å². The number of aryl methyl sites for hydroxylation is 1. The van der Waals surface area contributed by atoms with Gasteiger partial charge in [0.15, 0.2) is 0 Å². The topological polar surface area (TPSA) is 25.8 Å². The largest absolute Gasteiger partial charge is 0.147 e. The van der Waals surface area contributed by atoms with Crippen LogP contribution in [0.25, 0.3) is 10.6 Å². The molecule has 4 heteroatoms. The van der Waals surface area contributed by atoms with Crippen molar-refractivity contribution < 1.29 is 0 Å². The second kappa shape index (κ2) is 4.35. The summed E-state index contributed by atoms with van der Waals surface area (Å²) in [7, 11) is 0. The zero-order valence-corrected chi connectivity index (χ0v) is 10.7. The lowest BCUT2D eigenvalue weighted by Crippen LogP contribution is -1.78. The number of benzene rings is 1. The van der Waals surface area contributed by atoms with E-state index < -0.39 is 0 Å². The molecule has 0 unspecified atom stereocenters. The summed E-state index contributed by atoms with van der Waals surface area (Å²) in [6, 6.07) is 8.32. The van der Waals surface area contributed by atoms with E-state index in [1.807, 2.05) is 6.07 Å². The van der Waals surface area contributed by atoms with Crippen LogP contribution in [0.1, 0.15) is 11.9 Å². The van der Waals surface area contributed by atoms with Gasteiger partial charge >= 0.3 is 0 Å². The van der Waals surface area contributed by atoms with E-state index in [9.17, 15) is 0 Å². The Balaban J connectivity index is 2.39. The van der Waals surface area contributed by atoms with Gasteiger partial charge in [0.25, 0.3) is 0 Å². The predicted octanol–water partition coefficient (Wildman–Crippen LogP) is 3.37. The molecule has 1 aromatic heterocycles. The maximum absolute atomic E-state index is 4.16. The molecule has 0 aliphatic carbocycles. The second-order valence-electron chi connectivity index (χ2n) is 2.86. The van der Waals surface area contributed by atoms with Gasteiger partial charge in [-0.2, -0.15) is 0 Å². The first-order valence-electron chi connectivity index (χ1n) is 4.38. The maximum Gasteiger partial charge on any atom is 0.147 e. The highest BCUT2D eigenvalue weighted by molar-refractivity contribution is 14.1. The van der Waals surface area contributed by atoms with Crippen LogP contribution in [0.5, 0.6) is 0 Å². The van der Waals surface area contributed by atoms with E-state index in [0.717, 1.165) is 22.0 Å². The smallest absolute Gasteiger partial charge is 0.143 e. The molecule has 0 aliphatic rings. The molecule has 2 aromatic rings. The monoisotopic (exact) mass is 316 g/mol. The number of rotatable bonds is 2. The van der Waals surface area contributed by atoms with Crippen molar-refractivity contribution in [1.82, 2.24) is 10.2 Å². The Hall–Kier alpha value is -0.490. The van der Waals surface area contributed by atoms with Crippen LogP contribution in [0.15, 0.2) is 24.3 Å². The SMILES string of the molecule is CCc1nnc(-c2cccc(I)c2)s1. The molecule has 1 heterocycles. The summed E-state index contributed by atoms with van der Waals surface area (Å²) in [5.74, 6) is 0. The van der Waals surface area contributed by atoms with Gasteiger partial charge in [0.05, 0.1) is 0 Å². The summed E-state index contributed by atoms with van der Waals surface area (Å²) in [6.45, 7) is 2.10. The first-order chi connectivity index (χ1) is 6.79. The predicted molar refractivity (Wildman–Crippen MR) is 67.4 cm³/mol. The lowest BCUT2D eigenvalue weighted by Gasteiger charge is -1.94. The van der Waals surface area contributed by atoms with E-state index in [2.05, 4.69) is 57.9 Å². The van der Waals surface area contributed by atoms with Crippen LogP contribution in [-0.2, 0) is 6.42 Å². The molecule has 2 nitrogen and oxygen atoms in total. The quantitative estimate of drug-likeness (QED) is 0.794. The molecule has 14 heavy (non-hydrogen) atoms. The zero-order chi connectivity index (χ0) is 9.97. The van der Waals surface area contributed by atoms with Crippen molar-refractivity contribution in [2.75, 3.05) is 0 Å². The second-order valence-corrected chi connectivity index (χ2v) is 5.17. The number of halogens is 1. The average molecular weight is 316 g/mol. The molecule has 0 N–H and O–H groups in total. The van der Waals surface area contributed by atoms with Crippen LogP contribution < -0.4 is 0 Å². The van der Waals surface area contributed by atoms with Crippen molar-refractivity contribution >= 4 is 33.9 Å². The van der Waals surface area contributed by atoms with Gasteiger partial charge in [0.1, 0.15) is 10.0 Å². The summed E-state index contributed by atoms with van der Waals surface area (Å²) < 4.78 is 1.23. The molecule has 0 aliphatic heterocycles. The standard InChI is InChI=1S/C10H9IN2S/c1-2-9-12-13-10(14-9)7-4-3-5-8(11)6-7/h3-6H,2H2,1H3. The highest BCUT2D eigenvalue weighted by atomic mass is 127. The van der Waals surface area contributed by atoms with Crippen LogP contribution in [0.4, 0.5) is 0 Å². The Labute approximate surface area is 101 Å². The Morgan fingerprint density at radius 2 is 2.21 bits per heavy atom. The fourth-order valence-corrected chi connectivity index (χ4v) is 2.45. The molecule has 0 saturated carbocycles. The Morgan fingerprint density at radius 1 is 1.36 bits per heavy atom. The van der Waals surface area contributed by atoms with E-state index in [1.54, 1.807) is 11.3 Å². The van der Waals surface area contributed by atoms with Crippen molar-refractivity contribution in [2.24, 2.45) is 0 Å². The minimum absolute atomic E-state index is 0.960.